The predicted octanol–water partition coefficient (Wildman–Crippen LogP) is 3.78. The van der Waals surface area contributed by atoms with Gasteiger partial charge in [0.25, 0.3) is 0 Å². The van der Waals surface area contributed by atoms with Crippen molar-refractivity contribution in [2.75, 3.05) is 13.1 Å². The van der Waals surface area contributed by atoms with Gasteiger partial charge < -0.3 is 15.1 Å². The standard InChI is InChI=1S/C20H27N5OS.HI/c1-3-19-16(15-25(2)24-19)14-23-20(21-10-8-17-6-4-12-26-17)22-11-9-18-7-5-13-27-18;/h4-7,12-13,15H,3,8-11,14H2,1-2H3,(H2,21,22,23);1H. The average molecular weight is 513 g/mol. The van der Waals surface area contributed by atoms with E-state index in [0.717, 1.165) is 49.8 Å². The molecule has 28 heavy (non-hydrogen) atoms. The van der Waals surface area contributed by atoms with Gasteiger partial charge in [0.15, 0.2) is 5.96 Å². The van der Waals surface area contributed by atoms with Gasteiger partial charge in [0, 0.05) is 43.2 Å². The highest BCUT2D eigenvalue weighted by Crippen LogP contribution is 2.09. The van der Waals surface area contributed by atoms with Gasteiger partial charge in [-0.05, 0) is 36.4 Å². The Hall–Kier alpha value is -1.81. The van der Waals surface area contributed by atoms with Gasteiger partial charge in [-0.25, -0.2) is 4.99 Å². The van der Waals surface area contributed by atoms with Gasteiger partial charge in [0.2, 0.25) is 0 Å². The second kappa shape index (κ2) is 11.9. The summed E-state index contributed by atoms with van der Waals surface area (Å²) >= 11 is 1.78. The van der Waals surface area contributed by atoms with Crippen LogP contribution in [-0.2, 0) is 32.9 Å². The molecule has 0 saturated carbocycles. The highest BCUT2D eigenvalue weighted by atomic mass is 127. The molecule has 0 radical (unpaired) electrons. The first-order valence-corrected chi connectivity index (χ1v) is 10.2. The van der Waals surface area contributed by atoms with E-state index in [1.54, 1.807) is 17.6 Å². The number of nitrogens with zero attached hydrogens (tertiary/aromatic N) is 3. The van der Waals surface area contributed by atoms with Crippen LogP contribution in [0.4, 0.5) is 0 Å². The molecule has 8 heteroatoms. The van der Waals surface area contributed by atoms with E-state index < -0.39 is 0 Å². The molecule has 0 unspecified atom stereocenters. The van der Waals surface area contributed by atoms with Crippen molar-refractivity contribution in [2.24, 2.45) is 12.0 Å². The van der Waals surface area contributed by atoms with E-state index in [1.807, 2.05) is 23.9 Å². The number of rotatable bonds is 9. The molecule has 0 amide bonds. The van der Waals surface area contributed by atoms with Crippen LogP contribution in [0.15, 0.2) is 51.5 Å². The predicted molar refractivity (Wildman–Crippen MR) is 126 cm³/mol. The lowest BCUT2D eigenvalue weighted by Gasteiger charge is -2.12. The summed E-state index contributed by atoms with van der Waals surface area (Å²) in [6.07, 6.45) is 6.49. The van der Waals surface area contributed by atoms with Crippen LogP contribution in [0.3, 0.4) is 0 Å². The van der Waals surface area contributed by atoms with Crippen molar-refractivity contribution in [1.29, 1.82) is 0 Å². The molecule has 0 atom stereocenters. The zero-order valence-corrected chi connectivity index (χ0v) is 19.5. The van der Waals surface area contributed by atoms with Gasteiger partial charge in [-0.2, -0.15) is 5.10 Å². The van der Waals surface area contributed by atoms with E-state index in [2.05, 4.69) is 46.4 Å². The molecule has 0 aliphatic carbocycles. The van der Waals surface area contributed by atoms with Crippen LogP contribution in [0.1, 0.15) is 28.8 Å². The van der Waals surface area contributed by atoms with Gasteiger partial charge in [-0.15, -0.1) is 35.3 Å². The molecule has 0 aliphatic heterocycles. The summed E-state index contributed by atoms with van der Waals surface area (Å²) in [6, 6.07) is 8.16. The Balaban J connectivity index is 0.00000280. The summed E-state index contributed by atoms with van der Waals surface area (Å²) in [7, 11) is 1.95. The number of hydrogen-bond donors (Lipinski definition) is 2. The maximum absolute atomic E-state index is 5.40. The Bertz CT molecular complexity index is 785. The number of halogens is 1. The molecular weight excluding hydrogens is 485 g/mol. The van der Waals surface area contributed by atoms with Crippen molar-refractivity contribution >= 4 is 41.3 Å². The van der Waals surface area contributed by atoms with Crippen LogP contribution >= 0.6 is 35.3 Å². The molecule has 0 bridgehead atoms. The summed E-state index contributed by atoms with van der Waals surface area (Å²) in [5.74, 6) is 1.80. The van der Waals surface area contributed by atoms with Crippen molar-refractivity contribution < 1.29 is 4.42 Å². The van der Waals surface area contributed by atoms with Gasteiger partial charge in [-0.1, -0.05) is 13.0 Å². The smallest absolute Gasteiger partial charge is 0.191 e. The molecule has 0 aromatic carbocycles. The molecule has 0 spiro atoms. The Kier molecular flexibility index (Phi) is 9.56. The fraction of sp³-hybridized carbons (Fsp3) is 0.400. The Labute approximate surface area is 187 Å². The fourth-order valence-corrected chi connectivity index (χ4v) is 3.58. The third-order valence-electron chi connectivity index (χ3n) is 4.22. The van der Waals surface area contributed by atoms with Crippen molar-refractivity contribution in [2.45, 2.75) is 32.7 Å². The zero-order chi connectivity index (χ0) is 18.9. The number of thiophene rings is 1. The van der Waals surface area contributed by atoms with Gasteiger partial charge in [0.05, 0.1) is 18.5 Å². The third-order valence-corrected chi connectivity index (χ3v) is 5.16. The Morgan fingerprint density at radius 3 is 2.71 bits per heavy atom. The highest BCUT2D eigenvalue weighted by molar-refractivity contribution is 14.0. The van der Waals surface area contributed by atoms with Crippen molar-refractivity contribution in [3.05, 3.63) is 64.0 Å². The quantitative estimate of drug-likeness (QED) is 0.260. The van der Waals surface area contributed by atoms with Crippen LogP contribution in [-0.4, -0.2) is 28.8 Å². The van der Waals surface area contributed by atoms with Crippen molar-refractivity contribution in [3.63, 3.8) is 0 Å². The normalized spacial score (nSPS) is 11.3. The van der Waals surface area contributed by atoms with Gasteiger partial charge in [0.1, 0.15) is 5.76 Å². The Morgan fingerprint density at radius 2 is 2.04 bits per heavy atom. The number of nitrogens with one attached hydrogen (secondary N) is 2. The second-order valence-corrected chi connectivity index (χ2v) is 7.34. The summed E-state index contributed by atoms with van der Waals surface area (Å²) in [6.45, 7) is 4.36. The number of guanidine groups is 1. The number of furan rings is 1. The van der Waals surface area contributed by atoms with Crippen LogP contribution in [0.25, 0.3) is 0 Å². The minimum absolute atomic E-state index is 0. The van der Waals surface area contributed by atoms with E-state index in [0.29, 0.717) is 6.54 Å². The third kappa shape index (κ3) is 6.97. The summed E-state index contributed by atoms with van der Waals surface area (Å²) in [5.41, 5.74) is 2.28. The largest absolute Gasteiger partial charge is 0.469 e. The molecule has 3 heterocycles. The van der Waals surface area contributed by atoms with Gasteiger partial charge >= 0.3 is 0 Å². The molecule has 0 aliphatic rings. The molecule has 6 nitrogen and oxygen atoms in total. The van der Waals surface area contributed by atoms with Crippen molar-refractivity contribution in [3.8, 4) is 0 Å². The van der Waals surface area contributed by atoms with Gasteiger partial charge in [-0.3, -0.25) is 4.68 Å². The number of aryl methyl sites for hydroxylation is 2. The molecule has 2 N–H and O–H groups in total. The van der Waals surface area contributed by atoms with Crippen molar-refractivity contribution in [1.82, 2.24) is 20.4 Å². The minimum Gasteiger partial charge on any atom is -0.469 e. The molecule has 3 rings (SSSR count). The van der Waals surface area contributed by atoms with E-state index in [-0.39, 0.29) is 24.0 Å². The summed E-state index contributed by atoms with van der Waals surface area (Å²) in [5, 5.41) is 13.5. The summed E-state index contributed by atoms with van der Waals surface area (Å²) in [4.78, 5) is 6.14. The highest BCUT2D eigenvalue weighted by Gasteiger charge is 2.06. The molecule has 3 aromatic heterocycles. The molecule has 0 saturated heterocycles. The number of aromatic nitrogens is 2. The van der Waals surface area contributed by atoms with Crippen LogP contribution in [0.5, 0.6) is 0 Å². The first-order valence-electron chi connectivity index (χ1n) is 9.33. The lowest BCUT2D eigenvalue weighted by Crippen LogP contribution is -2.39. The number of hydrogen-bond acceptors (Lipinski definition) is 4. The number of aliphatic imine (C=N–C) groups is 1. The molecule has 0 fully saturated rings. The van der Waals surface area contributed by atoms with Crippen LogP contribution < -0.4 is 10.6 Å². The monoisotopic (exact) mass is 513 g/mol. The molecule has 3 aromatic rings. The fourth-order valence-electron chi connectivity index (χ4n) is 2.87. The topological polar surface area (TPSA) is 67.4 Å². The lowest BCUT2D eigenvalue weighted by molar-refractivity contribution is 0.506. The van der Waals surface area contributed by atoms with E-state index in [1.165, 1.54) is 10.4 Å². The second-order valence-electron chi connectivity index (χ2n) is 6.31. The van der Waals surface area contributed by atoms with Crippen LogP contribution in [0, 0.1) is 0 Å². The van der Waals surface area contributed by atoms with E-state index >= 15 is 0 Å². The lowest BCUT2D eigenvalue weighted by atomic mass is 10.2. The Morgan fingerprint density at radius 1 is 1.21 bits per heavy atom. The molecular formula is C20H28IN5OS. The first kappa shape index (κ1) is 22.5. The first-order chi connectivity index (χ1) is 13.2. The maximum atomic E-state index is 5.40. The average Bonchev–Trinajstić information content (AvgIpc) is 3.41. The molecule has 152 valence electrons. The van der Waals surface area contributed by atoms with E-state index in [4.69, 9.17) is 9.41 Å². The SMILES string of the molecule is CCc1nn(C)cc1CN=C(NCCc1ccco1)NCCc1cccs1.I. The summed E-state index contributed by atoms with van der Waals surface area (Å²) < 4.78 is 7.26. The minimum atomic E-state index is 0. The van der Waals surface area contributed by atoms with Crippen LogP contribution in [0.2, 0.25) is 0 Å². The van der Waals surface area contributed by atoms with E-state index in [9.17, 15) is 0 Å². The zero-order valence-electron chi connectivity index (χ0n) is 16.4. The maximum Gasteiger partial charge on any atom is 0.191 e.